The molecule has 0 saturated heterocycles. The maximum Gasteiger partial charge on any atom is 0.128 e. The van der Waals surface area contributed by atoms with Crippen LogP contribution in [0.2, 0.25) is 0 Å². The van der Waals surface area contributed by atoms with Crippen molar-refractivity contribution in [2.45, 2.75) is 45.1 Å². The molecular formula is C14H19BrN2. The van der Waals surface area contributed by atoms with E-state index in [1.807, 2.05) is 0 Å². The van der Waals surface area contributed by atoms with E-state index < -0.39 is 0 Å². The summed E-state index contributed by atoms with van der Waals surface area (Å²) in [7, 11) is 0. The topological polar surface area (TPSA) is 17.8 Å². The molecule has 4 aliphatic carbocycles. The van der Waals surface area contributed by atoms with Gasteiger partial charge in [0.05, 0.1) is 0 Å². The van der Waals surface area contributed by atoms with Gasteiger partial charge in [-0.25, -0.2) is 0 Å². The van der Waals surface area contributed by atoms with Crippen LogP contribution in [-0.2, 0) is 6.54 Å². The first-order chi connectivity index (χ1) is 8.21. The lowest BCUT2D eigenvalue weighted by Crippen LogP contribution is -2.47. The third kappa shape index (κ3) is 1.78. The van der Waals surface area contributed by atoms with E-state index >= 15 is 0 Å². The van der Waals surface area contributed by atoms with Crippen LogP contribution in [0.15, 0.2) is 16.9 Å². The van der Waals surface area contributed by atoms with Crippen LogP contribution in [-0.4, -0.2) is 9.78 Å². The van der Waals surface area contributed by atoms with Crippen LogP contribution < -0.4 is 0 Å². The molecule has 4 aliphatic rings. The Morgan fingerprint density at radius 1 is 1.18 bits per heavy atom. The molecule has 0 aliphatic heterocycles. The molecule has 1 aromatic heterocycles. The molecule has 92 valence electrons. The van der Waals surface area contributed by atoms with Gasteiger partial charge in [0.1, 0.15) is 4.60 Å². The lowest BCUT2D eigenvalue weighted by molar-refractivity contribution is -0.0635. The molecule has 0 aromatic carbocycles. The summed E-state index contributed by atoms with van der Waals surface area (Å²) in [6.45, 7) is 1.15. The van der Waals surface area contributed by atoms with Crippen molar-refractivity contribution >= 4 is 15.9 Å². The zero-order valence-corrected chi connectivity index (χ0v) is 11.7. The molecule has 5 rings (SSSR count). The number of rotatable bonds is 2. The minimum absolute atomic E-state index is 0.597. The van der Waals surface area contributed by atoms with Crippen LogP contribution in [0.25, 0.3) is 0 Å². The van der Waals surface area contributed by atoms with Crippen LogP contribution in [0.4, 0.5) is 0 Å². The third-order valence-electron chi connectivity index (χ3n) is 5.27. The molecule has 2 nitrogen and oxygen atoms in total. The Hall–Kier alpha value is -0.310. The van der Waals surface area contributed by atoms with Gasteiger partial charge in [-0.1, -0.05) is 0 Å². The first kappa shape index (κ1) is 10.6. The fourth-order valence-electron chi connectivity index (χ4n) is 5.25. The van der Waals surface area contributed by atoms with Crippen LogP contribution in [0, 0.1) is 23.2 Å². The van der Waals surface area contributed by atoms with Gasteiger partial charge in [0.25, 0.3) is 0 Å². The Kier molecular flexibility index (Phi) is 2.24. The second-order valence-corrected chi connectivity index (χ2v) is 7.57. The summed E-state index contributed by atoms with van der Waals surface area (Å²) >= 11 is 3.45. The SMILES string of the molecule is Brc1ccn(CC23CC4CC(CC(C4)C2)C3)n1. The van der Waals surface area contributed by atoms with Gasteiger partial charge >= 0.3 is 0 Å². The van der Waals surface area contributed by atoms with E-state index in [0.717, 1.165) is 28.9 Å². The highest BCUT2D eigenvalue weighted by Gasteiger charge is 2.50. The number of nitrogens with zero attached hydrogens (tertiary/aromatic N) is 2. The van der Waals surface area contributed by atoms with E-state index in [9.17, 15) is 0 Å². The summed E-state index contributed by atoms with van der Waals surface area (Å²) in [5.41, 5.74) is 0.597. The molecule has 3 heteroatoms. The second kappa shape index (κ2) is 3.59. The molecule has 4 fully saturated rings. The van der Waals surface area contributed by atoms with Gasteiger partial charge in [0.2, 0.25) is 0 Å². The molecule has 1 aromatic rings. The van der Waals surface area contributed by atoms with Crippen molar-refractivity contribution in [2.75, 3.05) is 0 Å². The smallest absolute Gasteiger partial charge is 0.128 e. The number of aromatic nitrogens is 2. The molecule has 0 radical (unpaired) electrons. The van der Waals surface area contributed by atoms with E-state index in [2.05, 4.69) is 38.0 Å². The highest BCUT2D eigenvalue weighted by Crippen LogP contribution is 2.60. The van der Waals surface area contributed by atoms with Crippen LogP contribution in [0.1, 0.15) is 38.5 Å². The Balaban J connectivity index is 1.60. The summed E-state index contributed by atoms with van der Waals surface area (Å²) in [6.07, 6.45) is 11.1. The minimum Gasteiger partial charge on any atom is -0.271 e. The van der Waals surface area contributed by atoms with Crippen LogP contribution >= 0.6 is 15.9 Å². The molecule has 0 atom stereocenters. The molecule has 17 heavy (non-hydrogen) atoms. The minimum atomic E-state index is 0.597. The Morgan fingerprint density at radius 2 is 1.76 bits per heavy atom. The lowest BCUT2D eigenvalue weighted by Gasteiger charge is -2.56. The molecule has 1 heterocycles. The fourth-order valence-corrected chi connectivity index (χ4v) is 5.57. The van der Waals surface area contributed by atoms with E-state index in [1.165, 1.54) is 38.5 Å². The average Bonchev–Trinajstić information content (AvgIpc) is 2.60. The summed E-state index contributed by atoms with van der Waals surface area (Å²) in [6, 6.07) is 2.06. The quantitative estimate of drug-likeness (QED) is 0.810. The molecular weight excluding hydrogens is 276 g/mol. The number of hydrogen-bond acceptors (Lipinski definition) is 1. The van der Waals surface area contributed by atoms with Gasteiger partial charge < -0.3 is 0 Å². The normalized spacial score (nSPS) is 43.2. The summed E-state index contributed by atoms with van der Waals surface area (Å²) in [4.78, 5) is 0. The summed E-state index contributed by atoms with van der Waals surface area (Å²) in [5, 5.41) is 4.52. The van der Waals surface area contributed by atoms with Crippen LogP contribution in [0.5, 0.6) is 0 Å². The van der Waals surface area contributed by atoms with Gasteiger partial charge in [-0.15, -0.1) is 0 Å². The lowest BCUT2D eigenvalue weighted by atomic mass is 9.49. The van der Waals surface area contributed by atoms with Crippen molar-refractivity contribution in [3.63, 3.8) is 0 Å². The molecule has 0 spiro atoms. The highest BCUT2D eigenvalue weighted by atomic mass is 79.9. The number of halogens is 1. The molecule has 0 unspecified atom stereocenters. The van der Waals surface area contributed by atoms with Crippen molar-refractivity contribution in [3.8, 4) is 0 Å². The second-order valence-electron chi connectivity index (χ2n) is 6.75. The first-order valence-corrected chi connectivity index (χ1v) is 7.69. The zero-order valence-electron chi connectivity index (χ0n) is 10.1. The molecule has 4 bridgehead atoms. The average molecular weight is 295 g/mol. The van der Waals surface area contributed by atoms with Crippen molar-refractivity contribution < 1.29 is 0 Å². The van der Waals surface area contributed by atoms with Gasteiger partial charge in [-0.2, -0.15) is 5.10 Å². The Bertz CT molecular complexity index is 402. The maximum absolute atomic E-state index is 4.52. The van der Waals surface area contributed by atoms with E-state index in [-0.39, 0.29) is 0 Å². The standard InChI is InChI=1S/C14H19BrN2/c15-13-1-2-17(16-13)9-14-6-10-3-11(7-14)5-12(4-10)8-14/h1-2,10-12H,3-9H2. The van der Waals surface area contributed by atoms with Crippen molar-refractivity contribution in [1.82, 2.24) is 9.78 Å². The van der Waals surface area contributed by atoms with Gasteiger partial charge in [-0.3, -0.25) is 4.68 Å². The maximum atomic E-state index is 4.52. The van der Waals surface area contributed by atoms with Gasteiger partial charge in [-0.05, 0) is 83.7 Å². The van der Waals surface area contributed by atoms with Gasteiger partial charge in [0, 0.05) is 12.7 Å². The molecule has 0 amide bonds. The predicted molar refractivity (Wildman–Crippen MR) is 70.5 cm³/mol. The zero-order chi connectivity index (χ0) is 11.5. The van der Waals surface area contributed by atoms with E-state index in [4.69, 9.17) is 0 Å². The van der Waals surface area contributed by atoms with Crippen molar-refractivity contribution in [2.24, 2.45) is 23.2 Å². The largest absolute Gasteiger partial charge is 0.271 e. The van der Waals surface area contributed by atoms with Crippen molar-refractivity contribution in [1.29, 1.82) is 0 Å². The van der Waals surface area contributed by atoms with Crippen LogP contribution in [0.3, 0.4) is 0 Å². The monoisotopic (exact) mass is 294 g/mol. The first-order valence-electron chi connectivity index (χ1n) is 6.90. The predicted octanol–water partition coefficient (Wildman–Crippen LogP) is 3.86. The van der Waals surface area contributed by atoms with E-state index in [0.29, 0.717) is 5.41 Å². The molecule has 0 N–H and O–H groups in total. The summed E-state index contributed by atoms with van der Waals surface area (Å²) < 4.78 is 3.14. The van der Waals surface area contributed by atoms with E-state index in [1.54, 1.807) is 0 Å². The summed E-state index contributed by atoms with van der Waals surface area (Å²) in [5.74, 6) is 3.13. The fraction of sp³-hybridized carbons (Fsp3) is 0.786. The Morgan fingerprint density at radius 3 is 2.24 bits per heavy atom. The number of hydrogen-bond donors (Lipinski definition) is 0. The third-order valence-corrected chi connectivity index (χ3v) is 5.69. The molecule has 4 saturated carbocycles. The Labute approximate surface area is 111 Å². The highest BCUT2D eigenvalue weighted by molar-refractivity contribution is 9.10. The van der Waals surface area contributed by atoms with Crippen molar-refractivity contribution in [3.05, 3.63) is 16.9 Å². The van der Waals surface area contributed by atoms with Gasteiger partial charge in [0.15, 0.2) is 0 Å².